The number of aromatic amines is 1. The minimum absolute atomic E-state index is 0.129. The number of anilines is 1. The lowest BCUT2D eigenvalue weighted by Gasteiger charge is -2.15. The number of nitrogens with one attached hydrogen (secondary N) is 2. The number of H-pyrrole nitrogens is 1. The van der Waals surface area contributed by atoms with Crippen molar-refractivity contribution in [2.24, 2.45) is 0 Å². The molecule has 0 radical (unpaired) electrons. The molecule has 0 bridgehead atoms. The van der Waals surface area contributed by atoms with Crippen LogP contribution < -0.4 is 5.32 Å². The maximum Gasteiger partial charge on any atom is 0.355 e. The highest BCUT2D eigenvalue weighted by molar-refractivity contribution is 6.02. The van der Waals surface area contributed by atoms with Crippen molar-refractivity contribution >= 4 is 23.3 Å². The second-order valence-corrected chi connectivity index (χ2v) is 6.54. The Hall–Kier alpha value is -2.89. The van der Waals surface area contributed by atoms with Crippen LogP contribution in [0.4, 0.5) is 5.69 Å². The Kier molecular flexibility index (Phi) is 5.65. The average molecular weight is 356 g/mol. The van der Waals surface area contributed by atoms with E-state index in [1.54, 1.807) is 13.8 Å². The Morgan fingerprint density at radius 3 is 2.31 bits per heavy atom. The van der Waals surface area contributed by atoms with Gasteiger partial charge in [-0.1, -0.05) is 17.7 Å². The number of aryl methyl sites for hydroxylation is 3. The van der Waals surface area contributed by atoms with E-state index in [-0.39, 0.29) is 11.5 Å². The van der Waals surface area contributed by atoms with Gasteiger partial charge in [-0.05, 0) is 58.7 Å². The van der Waals surface area contributed by atoms with Gasteiger partial charge in [-0.3, -0.25) is 9.59 Å². The number of esters is 1. The zero-order valence-electron chi connectivity index (χ0n) is 15.9. The van der Waals surface area contributed by atoms with Crippen molar-refractivity contribution in [3.8, 4) is 0 Å². The molecule has 0 aliphatic rings. The molecule has 1 heterocycles. The Labute approximate surface area is 152 Å². The Morgan fingerprint density at radius 2 is 1.77 bits per heavy atom. The van der Waals surface area contributed by atoms with Gasteiger partial charge in [0.1, 0.15) is 5.69 Å². The van der Waals surface area contributed by atoms with Crippen molar-refractivity contribution in [1.29, 1.82) is 0 Å². The molecule has 6 nitrogen and oxygen atoms in total. The SMILES string of the molecule is CC(=O)c1c(C)[nH]c(C(=O)O[C@@H](C)C(=O)Nc2ccc(C)cc2C)c1C. The first kappa shape index (κ1) is 19.4. The minimum atomic E-state index is -0.980. The van der Waals surface area contributed by atoms with E-state index in [0.29, 0.717) is 22.5 Å². The first-order chi connectivity index (χ1) is 12.1. The van der Waals surface area contributed by atoms with E-state index in [9.17, 15) is 14.4 Å². The first-order valence-corrected chi connectivity index (χ1v) is 8.41. The number of ketones is 1. The summed E-state index contributed by atoms with van der Waals surface area (Å²) in [7, 11) is 0. The molecule has 0 saturated carbocycles. The van der Waals surface area contributed by atoms with Gasteiger partial charge in [0.25, 0.3) is 5.91 Å². The molecule has 138 valence electrons. The molecule has 0 aliphatic carbocycles. The van der Waals surface area contributed by atoms with Crippen LogP contribution in [0.3, 0.4) is 0 Å². The summed E-state index contributed by atoms with van der Waals surface area (Å²) in [6.45, 7) is 10.2. The van der Waals surface area contributed by atoms with Gasteiger partial charge in [-0.25, -0.2) is 4.79 Å². The fraction of sp³-hybridized carbons (Fsp3) is 0.350. The van der Waals surface area contributed by atoms with Crippen molar-refractivity contribution < 1.29 is 19.1 Å². The Bertz CT molecular complexity index is 880. The van der Waals surface area contributed by atoms with Crippen LogP contribution in [0.5, 0.6) is 0 Å². The molecule has 2 rings (SSSR count). The second kappa shape index (κ2) is 7.56. The minimum Gasteiger partial charge on any atom is -0.448 e. The van der Waals surface area contributed by atoms with Crippen molar-refractivity contribution in [2.45, 2.75) is 47.6 Å². The predicted octanol–water partition coefficient (Wildman–Crippen LogP) is 3.63. The number of hydrogen-bond acceptors (Lipinski definition) is 4. The molecule has 0 unspecified atom stereocenters. The van der Waals surface area contributed by atoms with Crippen molar-refractivity contribution in [2.75, 3.05) is 5.32 Å². The fourth-order valence-electron chi connectivity index (χ4n) is 2.94. The van der Waals surface area contributed by atoms with E-state index < -0.39 is 18.0 Å². The largest absolute Gasteiger partial charge is 0.448 e. The smallest absolute Gasteiger partial charge is 0.355 e. The number of carbonyl (C=O) groups is 3. The molecule has 2 N–H and O–H groups in total. The van der Waals surface area contributed by atoms with Crippen LogP contribution in [-0.2, 0) is 9.53 Å². The lowest BCUT2D eigenvalue weighted by atomic mass is 10.1. The fourth-order valence-corrected chi connectivity index (χ4v) is 2.94. The van der Waals surface area contributed by atoms with Gasteiger partial charge in [0.15, 0.2) is 11.9 Å². The molecule has 2 aromatic rings. The third kappa shape index (κ3) is 4.02. The predicted molar refractivity (Wildman–Crippen MR) is 99.7 cm³/mol. The number of Topliss-reactive ketones (excluding diaryl/α,β-unsaturated/α-hetero) is 1. The van der Waals surface area contributed by atoms with Gasteiger partial charge in [-0.15, -0.1) is 0 Å². The summed E-state index contributed by atoms with van der Waals surface area (Å²) in [4.78, 5) is 39.3. The molecule has 1 aromatic carbocycles. The molecule has 0 spiro atoms. The number of benzene rings is 1. The van der Waals surface area contributed by atoms with Gasteiger partial charge in [-0.2, -0.15) is 0 Å². The van der Waals surface area contributed by atoms with Crippen molar-refractivity contribution in [1.82, 2.24) is 4.98 Å². The highest BCUT2D eigenvalue weighted by Crippen LogP contribution is 2.20. The van der Waals surface area contributed by atoms with E-state index in [1.807, 2.05) is 32.0 Å². The lowest BCUT2D eigenvalue weighted by Crippen LogP contribution is -2.30. The highest BCUT2D eigenvalue weighted by Gasteiger charge is 2.24. The molecule has 1 aromatic heterocycles. The third-order valence-electron chi connectivity index (χ3n) is 4.29. The standard InChI is InChI=1S/C20H24N2O4/c1-10-7-8-16(11(2)9-10)22-19(24)15(6)26-20(25)18-12(3)17(14(5)23)13(4)21-18/h7-9,15,21H,1-6H3,(H,22,24)/t15-/m0/s1. The number of hydrogen-bond donors (Lipinski definition) is 2. The maximum atomic E-state index is 12.4. The van der Waals surface area contributed by atoms with Crippen LogP contribution in [0.2, 0.25) is 0 Å². The van der Waals surface area contributed by atoms with E-state index in [4.69, 9.17) is 4.74 Å². The molecule has 1 atom stereocenters. The van der Waals surface area contributed by atoms with Crippen LogP contribution >= 0.6 is 0 Å². The summed E-state index contributed by atoms with van der Waals surface area (Å²) >= 11 is 0. The van der Waals surface area contributed by atoms with Crippen LogP contribution in [-0.4, -0.2) is 28.7 Å². The Balaban J connectivity index is 2.10. The third-order valence-corrected chi connectivity index (χ3v) is 4.29. The van der Waals surface area contributed by atoms with Crippen LogP contribution in [0.25, 0.3) is 0 Å². The molecule has 6 heteroatoms. The number of carbonyl (C=O) groups excluding carboxylic acids is 3. The first-order valence-electron chi connectivity index (χ1n) is 8.41. The average Bonchev–Trinajstić information content (AvgIpc) is 2.84. The summed E-state index contributed by atoms with van der Waals surface area (Å²) in [6, 6.07) is 5.67. The maximum absolute atomic E-state index is 12.4. The molecular weight excluding hydrogens is 332 g/mol. The summed E-state index contributed by atoms with van der Waals surface area (Å²) in [5.74, 6) is -1.21. The van der Waals surface area contributed by atoms with Crippen molar-refractivity contribution in [3.05, 3.63) is 51.8 Å². The van der Waals surface area contributed by atoms with E-state index in [0.717, 1.165) is 11.1 Å². The topological polar surface area (TPSA) is 88.3 Å². The van der Waals surface area contributed by atoms with Crippen molar-refractivity contribution in [3.63, 3.8) is 0 Å². The zero-order chi connectivity index (χ0) is 19.6. The summed E-state index contributed by atoms with van der Waals surface area (Å²) in [5, 5.41) is 2.76. The summed E-state index contributed by atoms with van der Waals surface area (Å²) in [5.41, 5.74) is 4.51. The van der Waals surface area contributed by atoms with Crippen LogP contribution in [0, 0.1) is 27.7 Å². The molecular formula is C20H24N2O4. The normalized spacial score (nSPS) is 11.8. The van der Waals surface area contributed by atoms with Crippen LogP contribution in [0.1, 0.15) is 57.1 Å². The molecule has 0 saturated heterocycles. The van der Waals surface area contributed by atoms with Gasteiger partial charge in [0.2, 0.25) is 0 Å². The number of rotatable bonds is 5. The van der Waals surface area contributed by atoms with Gasteiger partial charge < -0.3 is 15.0 Å². The summed E-state index contributed by atoms with van der Waals surface area (Å²) < 4.78 is 5.27. The monoisotopic (exact) mass is 356 g/mol. The molecule has 26 heavy (non-hydrogen) atoms. The van der Waals surface area contributed by atoms with Crippen LogP contribution in [0.15, 0.2) is 18.2 Å². The Morgan fingerprint density at radius 1 is 1.12 bits per heavy atom. The molecule has 0 fully saturated rings. The number of ether oxygens (including phenoxy) is 1. The lowest BCUT2D eigenvalue weighted by molar-refractivity contribution is -0.123. The zero-order valence-corrected chi connectivity index (χ0v) is 15.9. The molecule has 0 aliphatic heterocycles. The van der Waals surface area contributed by atoms with E-state index in [1.165, 1.54) is 13.8 Å². The second-order valence-electron chi connectivity index (χ2n) is 6.54. The number of aromatic nitrogens is 1. The molecule has 1 amide bonds. The van der Waals surface area contributed by atoms with Gasteiger partial charge in [0.05, 0.1) is 0 Å². The van der Waals surface area contributed by atoms with Gasteiger partial charge >= 0.3 is 5.97 Å². The van der Waals surface area contributed by atoms with E-state index in [2.05, 4.69) is 10.3 Å². The number of amides is 1. The van der Waals surface area contributed by atoms with Gasteiger partial charge in [0, 0.05) is 16.9 Å². The quantitative estimate of drug-likeness (QED) is 0.632. The van der Waals surface area contributed by atoms with E-state index >= 15 is 0 Å². The summed E-state index contributed by atoms with van der Waals surface area (Å²) in [6.07, 6.45) is -0.980. The highest BCUT2D eigenvalue weighted by atomic mass is 16.5.